The number of aliphatic imine (C=N–C) groups is 1. The summed E-state index contributed by atoms with van der Waals surface area (Å²) >= 11 is 0. The Morgan fingerprint density at radius 1 is 1.23 bits per heavy atom. The van der Waals surface area contributed by atoms with E-state index in [1.54, 1.807) is 0 Å². The predicted molar refractivity (Wildman–Crippen MR) is 117 cm³/mol. The first-order valence-electron chi connectivity index (χ1n) is 11.6. The maximum Gasteiger partial charge on any atom is 0.213 e. The van der Waals surface area contributed by atoms with E-state index in [9.17, 15) is 0 Å². The molecular formula is C23H36N4O3. The summed E-state index contributed by atoms with van der Waals surface area (Å²) in [5.41, 5.74) is 1.13. The van der Waals surface area contributed by atoms with Crippen LogP contribution in [0.4, 0.5) is 0 Å². The molecule has 1 atom stereocenters. The smallest absolute Gasteiger partial charge is 0.213 e. The molecule has 1 aromatic rings. The number of aromatic nitrogens is 1. The number of rotatable bonds is 9. The summed E-state index contributed by atoms with van der Waals surface area (Å²) in [4.78, 5) is 11.6. The van der Waals surface area contributed by atoms with Gasteiger partial charge in [-0.2, -0.15) is 0 Å². The number of likely N-dealkylation sites (tertiary alicyclic amines) is 1. The lowest BCUT2D eigenvalue weighted by Gasteiger charge is -2.34. The molecule has 4 rings (SSSR count). The van der Waals surface area contributed by atoms with E-state index in [1.165, 1.54) is 19.3 Å². The fourth-order valence-corrected chi connectivity index (χ4v) is 3.96. The molecule has 3 fully saturated rings. The maximum atomic E-state index is 6.11. The van der Waals surface area contributed by atoms with Gasteiger partial charge in [0.05, 0.1) is 32.0 Å². The minimum Gasteiger partial charge on any atom is -0.477 e. The number of nitrogens with zero attached hydrogens (tertiary/aromatic N) is 3. The number of ether oxygens (including phenoxy) is 3. The molecule has 0 bridgehead atoms. The lowest BCUT2D eigenvalue weighted by atomic mass is 10.1. The highest BCUT2D eigenvalue weighted by molar-refractivity contribution is 5.80. The van der Waals surface area contributed by atoms with Crippen LogP contribution in [0.1, 0.15) is 51.0 Å². The van der Waals surface area contributed by atoms with Gasteiger partial charge >= 0.3 is 0 Å². The highest BCUT2D eigenvalue weighted by atomic mass is 16.5. The summed E-state index contributed by atoms with van der Waals surface area (Å²) in [6.45, 7) is 7.95. The molecule has 1 saturated carbocycles. The molecule has 1 aromatic heterocycles. The standard InChI is InChI=1S/C23H36N4O3/c1-2-24-23(26-15-19-7-10-25-22(14-19)30-16-18-5-6-18)27-11-8-20(9-12-27)29-17-21-4-3-13-28-21/h7,10,14,18,20-21H,2-6,8-9,11-13,15-17H2,1H3,(H,24,26). The molecule has 166 valence electrons. The van der Waals surface area contributed by atoms with E-state index in [2.05, 4.69) is 22.1 Å². The van der Waals surface area contributed by atoms with Gasteiger partial charge in [-0.25, -0.2) is 9.98 Å². The second kappa shape index (κ2) is 11.0. The van der Waals surface area contributed by atoms with Crippen molar-refractivity contribution in [1.29, 1.82) is 0 Å². The predicted octanol–water partition coefficient (Wildman–Crippen LogP) is 3.00. The zero-order valence-electron chi connectivity index (χ0n) is 18.2. The third-order valence-electron chi connectivity index (χ3n) is 5.99. The number of hydrogen-bond donors (Lipinski definition) is 1. The van der Waals surface area contributed by atoms with E-state index in [0.717, 1.165) is 76.2 Å². The van der Waals surface area contributed by atoms with Crippen molar-refractivity contribution in [3.63, 3.8) is 0 Å². The molecule has 1 N–H and O–H groups in total. The van der Waals surface area contributed by atoms with Crippen LogP contribution in [0.25, 0.3) is 0 Å². The molecule has 7 nitrogen and oxygen atoms in total. The number of piperidine rings is 1. The first kappa shape index (κ1) is 21.4. The molecule has 0 amide bonds. The molecule has 2 saturated heterocycles. The van der Waals surface area contributed by atoms with E-state index in [0.29, 0.717) is 24.6 Å². The number of hydrogen-bond acceptors (Lipinski definition) is 5. The molecule has 7 heteroatoms. The van der Waals surface area contributed by atoms with Gasteiger partial charge < -0.3 is 24.4 Å². The van der Waals surface area contributed by atoms with E-state index >= 15 is 0 Å². The lowest BCUT2D eigenvalue weighted by Crippen LogP contribution is -2.47. The monoisotopic (exact) mass is 416 g/mol. The van der Waals surface area contributed by atoms with Crippen LogP contribution in [0.5, 0.6) is 5.88 Å². The Balaban J connectivity index is 1.25. The zero-order valence-corrected chi connectivity index (χ0v) is 18.2. The summed E-state index contributed by atoms with van der Waals surface area (Å²) in [6.07, 6.45) is 9.39. The molecule has 0 radical (unpaired) electrons. The summed E-state index contributed by atoms with van der Waals surface area (Å²) in [7, 11) is 0. The molecule has 3 aliphatic rings. The van der Waals surface area contributed by atoms with Gasteiger partial charge in [0.15, 0.2) is 5.96 Å². The van der Waals surface area contributed by atoms with Crippen molar-refractivity contribution in [2.45, 2.75) is 64.2 Å². The Morgan fingerprint density at radius 2 is 2.10 bits per heavy atom. The van der Waals surface area contributed by atoms with Crippen LogP contribution in [-0.4, -0.2) is 67.5 Å². The Morgan fingerprint density at radius 3 is 2.83 bits per heavy atom. The van der Waals surface area contributed by atoms with E-state index in [4.69, 9.17) is 19.2 Å². The minimum absolute atomic E-state index is 0.306. The first-order chi connectivity index (χ1) is 14.8. The van der Waals surface area contributed by atoms with Crippen LogP contribution in [-0.2, 0) is 16.0 Å². The van der Waals surface area contributed by atoms with Gasteiger partial charge in [-0.15, -0.1) is 0 Å². The molecular weight excluding hydrogens is 380 g/mol. The molecule has 1 unspecified atom stereocenters. The van der Waals surface area contributed by atoms with Crippen molar-refractivity contribution in [3.05, 3.63) is 23.9 Å². The minimum atomic E-state index is 0.306. The molecule has 0 spiro atoms. The SMILES string of the molecule is CCNC(=NCc1ccnc(OCC2CC2)c1)N1CCC(OCC2CCCO2)CC1. The summed E-state index contributed by atoms with van der Waals surface area (Å²) in [5.74, 6) is 2.42. The quantitative estimate of drug-likeness (QED) is 0.493. The Kier molecular flexibility index (Phi) is 7.81. The van der Waals surface area contributed by atoms with Gasteiger partial charge in [-0.3, -0.25) is 0 Å². The molecule has 0 aromatic carbocycles. The van der Waals surface area contributed by atoms with E-state index in [1.807, 2.05) is 18.3 Å². The first-order valence-corrected chi connectivity index (χ1v) is 11.6. The molecule has 2 aliphatic heterocycles. The van der Waals surface area contributed by atoms with Crippen LogP contribution in [0.2, 0.25) is 0 Å². The third kappa shape index (κ3) is 6.57. The van der Waals surface area contributed by atoms with Gasteiger partial charge in [0, 0.05) is 38.5 Å². The lowest BCUT2D eigenvalue weighted by molar-refractivity contribution is -0.0367. The van der Waals surface area contributed by atoms with Crippen LogP contribution in [0.15, 0.2) is 23.3 Å². The highest BCUT2D eigenvalue weighted by Gasteiger charge is 2.24. The third-order valence-corrected chi connectivity index (χ3v) is 5.99. The topological polar surface area (TPSA) is 68.2 Å². The van der Waals surface area contributed by atoms with Crippen molar-refractivity contribution >= 4 is 5.96 Å². The molecule has 1 aliphatic carbocycles. The summed E-state index contributed by atoms with van der Waals surface area (Å²) in [6, 6.07) is 4.03. The average molecular weight is 417 g/mol. The second-order valence-corrected chi connectivity index (χ2v) is 8.58. The van der Waals surface area contributed by atoms with Crippen molar-refractivity contribution in [2.24, 2.45) is 10.9 Å². The molecule has 3 heterocycles. The van der Waals surface area contributed by atoms with Crippen LogP contribution in [0, 0.1) is 5.92 Å². The maximum absolute atomic E-state index is 6.11. The highest BCUT2D eigenvalue weighted by Crippen LogP contribution is 2.29. The van der Waals surface area contributed by atoms with Crippen LogP contribution >= 0.6 is 0 Å². The Bertz CT molecular complexity index is 681. The Hall–Kier alpha value is -1.86. The normalized spacial score (nSPS) is 23.0. The number of guanidine groups is 1. The van der Waals surface area contributed by atoms with Gasteiger partial charge in [-0.05, 0) is 63.0 Å². The second-order valence-electron chi connectivity index (χ2n) is 8.58. The number of pyridine rings is 1. The van der Waals surface area contributed by atoms with Crippen LogP contribution in [0.3, 0.4) is 0 Å². The Labute approximate surface area is 180 Å². The van der Waals surface area contributed by atoms with Gasteiger partial charge in [-0.1, -0.05) is 0 Å². The summed E-state index contributed by atoms with van der Waals surface area (Å²) in [5, 5.41) is 3.45. The van der Waals surface area contributed by atoms with Crippen molar-refractivity contribution < 1.29 is 14.2 Å². The van der Waals surface area contributed by atoms with Crippen LogP contribution < -0.4 is 10.1 Å². The summed E-state index contributed by atoms with van der Waals surface area (Å²) < 4.78 is 17.6. The fraction of sp³-hybridized carbons (Fsp3) is 0.739. The zero-order chi connectivity index (χ0) is 20.6. The van der Waals surface area contributed by atoms with Gasteiger partial charge in [0.25, 0.3) is 0 Å². The van der Waals surface area contributed by atoms with Crippen molar-refractivity contribution in [2.75, 3.05) is 39.5 Å². The molecule has 30 heavy (non-hydrogen) atoms. The fourth-order valence-electron chi connectivity index (χ4n) is 3.96. The van der Waals surface area contributed by atoms with Crippen molar-refractivity contribution in [1.82, 2.24) is 15.2 Å². The largest absolute Gasteiger partial charge is 0.477 e. The number of nitrogens with one attached hydrogen (secondary N) is 1. The van der Waals surface area contributed by atoms with Gasteiger partial charge in [0.2, 0.25) is 5.88 Å². The van der Waals surface area contributed by atoms with Crippen molar-refractivity contribution in [3.8, 4) is 5.88 Å². The van der Waals surface area contributed by atoms with E-state index in [-0.39, 0.29) is 0 Å². The van der Waals surface area contributed by atoms with Gasteiger partial charge in [0.1, 0.15) is 0 Å². The average Bonchev–Trinajstić information content (AvgIpc) is 3.47. The van der Waals surface area contributed by atoms with E-state index < -0.39 is 0 Å².